The zero-order chi connectivity index (χ0) is 20.2. The van der Waals surface area contributed by atoms with E-state index in [1.165, 1.54) is 14.6 Å². The number of aliphatic hydroxyl groups is 1. The van der Waals surface area contributed by atoms with Crippen molar-refractivity contribution >= 4 is 23.1 Å². The Morgan fingerprint density at radius 2 is 1.78 bits per heavy atom. The highest BCUT2D eigenvalue weighted by Gasteiger charge is 2.32. The molecular weight excluding hydrogens is 372 g/mol. The Morgan fingerprint density at radius 1 is 1.11 bits per heavy atom. The lowest BCUT2D eigenvalue weighted by atomic mass is 9.74. The van der Waals surface area contributed by atoms with Gasteiger partial charge in [-0.05, 0) is 60.8 Å². The predicted octanol–water partition coefficient (Wildman–Crippen LogP) is 6.67. The zero-order valence-electron chi connectivity index (χ0n) is 17.8. The molecule has 2 rings (SSSR count). The molecule has 2 aromatic rings. The number of hydrogen-bond acceptors (Lipinski definition) is 4. The fourth-order valence-electron chi connectivity index (χ4n) is 3.36. The first kappa shape index (κ1) is 22.3. The van der Waals surface area contributed by atoms with Gasteiger partial charge < -0.3 is 9.84 Å². The SMILES string of the molecule is CCC(CC)(c1ccc(OCC(O)C(C)(C)C)c(C)c1)c1ccc(SC)s1. The van der Waals surface area contributed by atoms with Gasteiger partial charge in [0.15, 0.2) is 0 Å². The normalized spacial score (nSPS) is 13.6. The molecule has 1 aromatic heterocycles. The van der Waals surface area contributed by atoms with Crippen molar-refractivity contribution in [1.29, 1.82) is 0 Å². The standard InChI is InChI=1S/C23H34O2S2/c1-8-23(9-2,20-12-13-21(26-7)27-20)17-10-11-18(16(3)14-17)25-15-19(24)22(4,5)6/h10-14,19,24H,8-9,15H2,1-7H3. The van der Waals surface area contributed by atoms with Crippen molar-refractivity contribution in [3.05, 3.63) is 46.3 Å². The summed E-state index contributed by atoms with van der Waals surface area (Å²) in [6, 6.07) is 11.1. The highest BCUT2D eigenvalue weighted by molar-refractivity contribution is 8.00. The summed E-state index contributed by atoms with van der Waals surface area (Å²) in [5, 5.41) is 10.2. The fraction of sp³-hybridized carbons (Fsp3) is 0.565. The van der Waals surface area contributed by atoms with E-state index in [2.05, 4.69) is 57.4 Å². The second kappa shape index (κ2) is 9.02. The molecule has 0 saturated carbocycles. The third-order valence-electron chi connectivity index (χ3n) is 5.59. The topological polar surface area (TPSA) is 29.5 Å². The average molecular weight is 407 g/mol. The van der Waals surface area contributed by atoms with Crippen LogP contribution in [-0.4, -0.2) is 24.1 Å². The summed E-state index contributed by atoms with van der Waals surface area (Å²) >= 11 is 3.72. The third kappa shape index (κ3) is 4.90. The fourth-order valence-corrected chi connectivity index (χ4v) is 5.26. The van der Waals surface area contributed by atoms with Gasteiger partial charge in [-0.3, -0.25) is 0 Å². The smallest absolute Gasteiger partial charge is 0.122 e. The number of benzene rings is 1. The van der Waals surface area contributed by atoms with Crippen molar-refractivity contribution in [2.45, 2.75) is 70.1 Å². The van der Waals surface area contributed by atoms with Gasteiger partial charge in [0.1, 0.15) is 12.4 Å². The molecule has 0 spiro atoms. The molecular formula is C23H34O2S2. The van der Waals surface area contributed by atoms with Crippen LogP contribution in [0.5, 0.6) is 5.75 Å². The van der Waals surface area contributed by atoms with Crippen LogP contribution in [0.4, 0.5) is 0 Å². The molecule has 0 aliphatic rings. The van der Waals surface area contributed by atoms with E-state index in [-0.39, 0.29) is 10.8 Å². The Morgan fingerprint density at radius 3 is 2.26 bits per heavy atom. The number of ether oxygens (including phenoxy) is 1. The maximum Gasteiger partial charge on any atom is 0.122 e. The van der Waals surface area contributed by atoms with Crippen LogP contribution in [0.3, 0.4) is 0 Å². The van der Waals surface area contributed by atoms with Gasteiger partial charge in [-0.15, -0.1) is 23.1 Å². The minimum Gasteiger partial charge on any atom is -0.491 e. The van der Waals surface area contributed by atoms with E-state index >= 15 is 0 Å². The van der Waals surface area contributed by atoms with Crippen molar-refractivity contribution in [1.82, 2.24) is 0 Å². The lowest BCUT2D eigenvalue weighted by molar-refractivity contribution is 0.0216. The summed E-state index contributed by atoms with van der Waals surface area (Å²) < 4.78 is 7.30. The molecule has 0 saturated heterocycles. The molecule has 150 valence electrons. The molecule has 2 nitrogen and oxygen atoms in total. The van der Waals surface area contributed by atoms with Gasteiger partial charge in [0.25, 0.3) is 0 Å². The summed E-state index contributed by atoms with van der Waals surface area (Å²) in [5.41, 5.74) is 2.35. The van der Waals surface area contributed by atoms with Gasteiger partial charge in [-0.25, -0.2) is 0 Å². The van der Waals surface area contributed by atoms with Gasteiger partial charge in [-0.1, -0.05) is 46.8 Å². The van der Waals surface area contributed by atoms with Gasteiger partial charge in [0, 0.05) is 10.3 Å². The zero-order valence-corrected chi connectivity index (χ0v) is 19.4. The monoisotopic (exact) mass is 406 g/mol. The van der Waals surface area contributed by atoms with Gasteiger partial charge in [0.2, 0.25) is 0 Å². The van der Waals surface area contributed by atoms with Gasteiger partial charge in [0.05, 0.1) is 10.3 Å². The van der Waals surface area contributed by atoms with Crippen LogP contribution in [0.15, 0.2) is 34.5 Å². The van der Waals surface area contributed by atoms with Crippen molar-refractivity contribution in [2.24, 2.45) is 5.41 Å². The lowest BCUT2D eigenvalue weighted by Gasteiger charge is -2.32. The molecule has 1 aromatic carbocycles. The first-order valence-corrected chi connectivity index (χ1v) is 11.8. The number of thiophene rings is 1. The Kier molecular flexibility index (Phi) is 7.46. The molecule has 4 heteroatoms. The van der Waals surface area contributed by atoms with E-state index in [4.69, 9.17) is 4.74 Å². The molecule has 0 aliphatic carbocycles. The summed E-state index contributed by atoms with van der Waals surface area (Å²) in [6.45, 7) is 13.1. The highest BCUT2D eigenvalue weighted by Crippen LogP contribution is 2.44. The Balaban J connectivity index is 2.30. The van der Waals surface area contributed by atoms with Crippen molar-refractivity contribution in [3.8, 4) is 5.75 Å². The predicted molar refractivity (Wildman–Crippen MR) is 120 cm³/mol. The lowest BCUT2D eigenvalue weighted by Crippen LogP contribution is -2.32. The number of thioether (sulfide) groups is 1. The minimum atomic E-state index is -0.488. The van der Waals surface area contributed by atoms with Crippen LogP contribution in [0, 0.1) is 12.3 Å². The van der Waals surface area contributed by atoms with E-state index < -0.39 is 6.10 Å². The largest absolute Gasteiger partial charge is 0.491 e. The maximum atomic E-state index is 10.2. The molecule has 0 aliphatic heterocycles. The van der Waals surface area contributed by atoms with Crippen LogP contribution >= 0.6 is 23.1 Å². The Labute approximate surface area is 173 Å². The molecule has 1 unspecified atom stereocenters. The van der Waals surface area contributed by atoms with E-state index in [0.29, 0.717) is 6.61 Å². The van der Waals surface area contributed by atoms with E-state index in [1.54, 1.807) is 0 Å². The van der Waals surface area contributed by atoms with Crippen LogP contribution < -0.4 is 4.74 Å². The van der Waals surface area contributed by atoms with Crippen LogP contribution in [0.25, 0.3) is 0 Å². The molecule has 1 atom stereocenters. The number of aliphatic hydroxyl groups excluding tert-OH is 1. The highest BCUT2D eigenvalue weighted by atomic mass is 32.2. The van der Waals surface area contributed by atoms with Crippen LogP contribution in [0.2, 0.25) is 0 Å². The summed E-state index contributed by atoms with van der Waals surface area (Å²) in [7, 11) is 0. The van der Waals surface area contributed by atoms with E-state index in [1.807, 2.05) is 43.9 Å². The molecule has 0 fully saturated rings. The minimum absolute atomic E-state index is 0.0485. The number of rotatable bonds is 8. The summed E-state index contributed by atoms with van der Waals surface area (Å²) in [5.74, 6) is 0.860. The number of hydrogen-bond donors (Lipinski definition) is 1. The van der Waals surface area contributed by atoms with Gasteiger partial charge in [-0.2, -0.15) is 0 Å². The molecule has 1 heterocycles. The van der Waals surface area contributed by atoms with Crippen molar-refractivity contribution in [2.75, 3.05) is 12.9 Å². The summed E-state index contributed by atoms with van der Waals surface area (Å²) in [6.07, 6.45) is 3.79. The Bertz CT molecular complexity index is 739. The molecule has 1 N–H and O–H groups in total. The Hall–Kier alpha value is -0.970. The number of aryl methyl sites for hydroxylation is 1. The molecule has 0 amide bonds. The summed E-state index contributed by atoms with van der Waals surface area (Å²) in [4.78, 5) is 1.44. The van der Waals surface area contributed by atoms with Crippen LogP contribution in [-0.2, 0) is 5.41 Å². The second-order valence-corrected chi connectivity index (χ2v) is 10.5. The van der Waals surface area contributed by atoms with E-state index in [9.17, 15) is 5.11 Å². The van der Waals surface area contributed by atoms with E-state index in [0.717, 1.165) is 24.2 Å². The molecule has 0 radical (unpaired) electrons. The quantitative estimate of drug-likeness (QED) is 0.496. The average Bonchev–Trinajstić information content (AvgIpc) is 3.11. The first-order valence-electron chi connectivity index (χ1n) is 9.74. The molecule has 0 bridgehead atoms. The van der Waals surface area contributed by atoms with Crippen LogP contribution in [0.1, 0.15) is 63.5 Å². The molecule has 27 heavy (non-hydrogen) atoms. The van der Waals surface area contributed by atoms with Crippen molar-refractivity contribution in [3.63, 3.8) is 0 Å². The maximum absolute atomic E-state index is 10.2. The first-order chi connectivity index (χ1) is 12.7. The second-order valence-electron chi connectivity index (χ2n) is 8.29. The van der Waals surface area contributed by atoms with Crippen molar-refractivity contribution < 1.29 is 9.84 Å². The third-order valence-corrected chi connectivity index (χ3v) is 7.96. The van der Waals surface area contributed by atoms with Gasteiger partial charge >= 0.3 is 0 Å².